The van der Waals surface area contributed by atoms with Gasteiger partial charge in [0.05, 0.1) is 11.4 Å². The molecule has 146 valence electrons. The van der Waals surface area contributed by atoms with Crippen LogP contribution in [0.1, 0.15) is 30.7 Å². The summed E-state index contributed by atoms with van der Waals surface area (Å²) < 4.78 is 2.25. The lowest BCUT2D eigenvalue weighted by molar-refractivity contribution is -0.125. The zero-order chi connectivity index (χ0) is 19.6. The molecule has 0 saturated carbocycles. The first-order valence-corrected chi connectivity index (χ1v) is 10.0. The van der Waals surface area contributed by atoms with Gasteiger partial charge in [-0.15, -0.1) is 0 Å². The van der Waals surface area contributed by atoms with Crippen LogP contribution in [0.15, 0.2) is 65.9 Å². The van der Waals surface area contributed by atoms with Crippen LogP contribution in [0.5, 0.6) is 0 Å². The van der Waals surface area contributed by atoms with Gasteiger partial charge < -0.3 is 14.7 Å². The van der Waals surface area contributed by atoms with E-state index < -0.39 is 6.10 Å². The largest absolute Gasteiger partial charge is 0.382 e. The molecule has 5 rings (SSSR count). The third-order valence-corrected chi connectivity index (χ3v) is 5.43. The Labute approximate surface area is 169 Å². The summed E-state index contributed by atoms with van der Waals surface area (Å²) in [6, 6.07) is 17.6. The molecule has 2 aliphatic rings. The zero-order valence-electron chi connectivity index (χ0n) is 16.0. The number of amides is 1. The molecule has 0 aliphatic carbocycles. The van der Waals surface area contributed by atoms with Gasteiger partial charge in [0.1, 0.15) is 5.82 Å². The summed E-state index contributed by atoms with van der Waals surface area (Å²) in [6.07, 6.45) is 5.45. The number of aryl methyl sites for hydroxylation is 2. The molecule has 2 aromatic carbocycles. The number of hydrogen-bond acceptors (Lipinski definition) is 4. The highest BCUT2D eigenvalue weighted by Crippen LogP contribution is 2.24. The average molecular weight is 386 g/mol. The third-order valence-electron chi connectivity index (χ3n) is 5.43. The van der Waals surface area contributed by atoms with Crippen molar-refractivity contribution in [1.29, 1.82) is 0 Å². The maximum atomic E-state index is 12.6. The Balaban J connectivity index is 1.22. The molecule has 2 aliphatic heterocycles. The monoisotopic (exact) mass is 386 g/mol. The van der Waals surface area contributed by atoms with Crippen LogP contribution in [0.2, 0.25) is 0 Å². The Morgan fingerprint density at radius 2 is 1.86 bits per heavy atom. The van der Waals surface area contributed by atoms with Crippen LogP contribution in [0.3, 0.4) is 0 Å². The number of rotatable bonds is 4. The van der Waals surface area contributed by atoms with Crippen molar-refractivity contribution in [2.24, 2.45) is 5.16 Å². The van der Waals surface area contributed by atoms with Crippen molar-refractivity contribution in [1.82, 2.24) is 9.55 Å². The van der Waals surface area contributed by atoms with E-state index >= 15 is 0 Å². The van der Waals surface area contributed by atoms with Gasteiger partial charge in [0, 0.05) is 36.8 Å². The van der Waals surface area contributed by atoms with Gasteiger partial charge in [-0.05, 0) is 30.5 Å². The molecule has 6 heteroatoms. The van der Waals surface area contributed by atoms with Crippen molar-refractivity contribution in [2.75, 3.05) is 5.32 Å². The standard InChI is InChI=1S/C23H22N4O2/c28-23(21-14-19(26-29-21)16-6-2-1-3-7-16)24-18-11-9-17(10-12-18)20-15-27-13-5-4-8-22(27)25-20/h1-3,6-7,9-12,15,21H,4-5,8,13-14H2,(H,24,28). The molecule has 1 aromatic heterocycles. The molecule has 0 saturated heterocycles. The van der Waals surface area contributed by atoms with Crippen LogP contribution >= 0.6 is 0 Å². The van der Waals surface area contributed by atoms with Crippen LogP contribution in [0.4, 0.5) is 5.69 Å². The average Bonchev–Trinajstić information content (AvgIpc) is 3.42. The number of aromatic nitrogens is 2. The highest BCUT2D eigenvalue weighted by molar-refractivity contribution is 6.06. The molecule has 0 spiro atoms. The predicted molar refractivity (Wildman–Crippen MR) is 112 cm³/mol. The Kier molecular flexibility index (Phi) is 4.60. The molecular formula is C23H22N4O2. The van der Waals surface area contributed by atoms with Crippen molar-refractivity contribution in [3.63, 3.8) is 0 Å². The first-order chi connectivity index (χ1) is 14.3. The van der Waals surface area contributed by atoms with E-state index in [0.717, 1.165) is 47.0 Å². The highest BCUT2D eigenvalue weighted by Gasteiger charge is 2.28. The summed E-state index contributed by atoms with van der Waals surface area (Å²) in [7, 11) is 0. The van der Waals surface area contributed by atoms with E-state index in [-0.39, 0.29) is 5.91 Å². The van der Waals surface area contributed by atoms with E-state index in [2.05, 4.69) is 21.2 Å². The Morgan fingerprint density at radius 1 is 1.03 bits per heavy atom. The minimum atomic E-state index is -0.607. The van der Waals surface area contributed by atoms with Gasteiger partial charge in [0.15, 0.2) is 0 Å². The summed E-state index contributed by atoms with van der Waals surface area (Å²) in [4.78, 5) is 22.7. The number of oxime groups is 1. The molecule has 3 aromatic rings. The number of fused-ring (bicyclic) bond motifs is 1. The van der Waals surface area contributed by atoms with E-state index in [9.17, 15) is 4.79 Å². The van der Waals surface area contributed by atoms with Crippen molar-refractivity contribution < 1.29 is 9.63 Å². The molecule has 0 fully saturated rings. The second-order valence-corrected chi connectivity index (χ2v) is 7.46. The fourth-order valence-electron chi connectivity index (χ4n) is 3.82. The molecule has 29 heavy (non-hydrogen) atoms. The number of imidazole rings is 1. The lowest BCUT2D eigenvalue weighted by Gasteiger charge is -2.11. The Bertz CT molecular complexity index is 1030. The summed E-state index contributed by atoms with van der Waals surface area (Å²) in [5, 5.41) is 7.00. The van der Waals surface area contributed by atoms with Crippen LogP contribution < -0.4 is 5.32 Å². The van der Waals surface area contributed by atoms with Crippen LogP contribution in [0, 0.1) is 0 Å². The smallest absolute Gasteiger partial charge is 0.268 e. The molecule has 1 amide bonds. The van der Waals surface area contributed by atoms with Crippen molar-refractivity contribution in [2.45, 2.75) is 38.3 Å². The van der Waals surface area contributed by atoms with Gasteiger partial charge >= 0.3 is 0 Å². The molecule has 1 atom stereocenters. The second-order valence-electron chi connectivity index (χ2n) is 7.46. The number of carbonyl (C=O) groups is 1. The normalized spacial score (nSPS) is 17.9. The lowest BCUT2D eigenvalue weighted by Crippen LogP contribution is -2.28. The maximum absolute atomic E-state index is 12.6. The van der Waals surface area contributed by atoms with Crippen molar-refractivity contribution in [3.8, 4) is 11.3 Å². The fraction of sp³-hybridized carbons (Fsp3) is 0.261. The van der Waals surface area contributed by atoms with E-state index in [4.69, 9.17) is 9.82 Å². The predicted octanol–water partition coefficient (Wildman–Crippen LogP) is 4.02. The van der Waals surface area contributed by atoms with Gasteiger partial charge in [0.25, 0.3) is 5.91 Å². The fourth-order valence-corrected chi connectivity index (χ4v) is 3.82. The number of benzene rings is 2. The van der Waals surface area contributed by atoms with Crippen molar-refractivity contribution >= 4 is 17.3 Å². The lowest BCUT2D eigenvalue weighted by atomic mass is 10.0. The third kappa shape index (κ3) is 3.66. The minimum Gasteiger partial charge on any atom is -0.382 e. The number of carbonyl (C=O) groups excluding carboxylic acids is 1. The first kappa shape index (κ1) is 17.7. The Hall–Kier alpha value is -3.41. The molecule has 0 radical (unpaired) electrons. The number of nitrogens with zero attached hydrogens (tertiary/aromatic N) is 3. The summed E-state index contributed by atoms with van der Waals surface area (Å²) in [5.41, 5.74) is 4.55. The molecule has 0 bridgehead atoms. The van der Waals surface area contributed by atoms with Gasteiger partial charge in [-0.25, -0.2) is 4.98 Å². The van der Waals surface area contributed by atoms with Crippen LogP contribution in [-0.4, -0.2) is 27.3 Å². The summed E-state index contributed by atoms with van der Waals surface area (Å²) in [6.45, 7) is 1.05. The van der Waals surface area contributed by atoms with Gasteiger partial charge in [-0.3, -0.25) is 4.79 Å². The van der Waals surface area contributed by atoms with Crippen LogP contribution in [-0.2, 0) is 22.6 Å². The molecule has 1 N–H and O–H groups in total. The van der Waals surface area contributed by atoms with Gasteiger partial charge in [0.2, 0.25) is 6.10 Å². The number of anilines is 1. The molecular weight excluding hydrogens is 364 g/mol. The molecule has 3 heterocycles. The van der Waals surface area contributed by atoms with Gasteiger partial charge in [-0.1, -0.05) is 47.6 Å². The first-order valence-electron chi connectivity index (χ1n) is 10.0. The van der Waals surface area contributed by atoms with Crippen LogP contribution in [0.25, 0.3) is 11.3 Å². The van der Waals surface area contributed by atoms with E-state index in [1.807, 2.05) is 54.6 Å². The van der Waals surface area contributed by atoms with E-state index in [1.54, 1.807) is 0 Å². The topological polar surface area (TPSA) is 68.5 Å². The maximum Gasteiger partial charge on any atom is 0.268 e. The summed E-state index contributed by atoms with van der Waals surface area (Å²) >= 11 is 0. The quantitative estimate of drug-likeness (QED) is 0.736. The number of hydrogen-bond donors (Lipinski definition) is 1. The minimum absolute atomic E-state index is 0.190. The zero-order valence-corrected chi connectivity index (χ0v) is 16.0. The molecule has 1 unspecified atom stereocenters. The Morgan fingerprint density at radius 3 is 2.66 bits per heavy atom. The van der Waals surface area contributed by atoms with Crippen molar-refractivity contribution in [3.05, 3.63) is 72.2 Å². The number of nitrogens with one attached hydrogen (secondary N) is 1. The van der Waals surface area contributed by atoms with Gasteiger partial charge in [-0.2, -0.15) is 0 Å². The SMILES string of the molecule is O=C(Nc1ccc(-c2cn3c(n2)CCCC3)cc1)C1CC(c2ccccc2)=NO1. The summed E-state index contributed by atoms with van der Waals surface area (Å²) in [5.74, 6) is 0.973. The van der Waals surface area contributed by atoms with E-state index in [1.165, 1.54) is 12.8 Å². The molecule has 6 nitrogen and oxygen atoms in total. The highest BCUT2D eigenvalue weighted by atomic mass is 16.6. The second kappa shape index (κ2) is 7.54. The van der Waals surface area contributed by atoms with E-state index in [0.29, 0.717) is 6.42 Å².